The molecule has 78 valence electrons. The average molecular weight is 209 g/mol. The summed E-state index contributed by atoms with van der Waals surface area (Å²) in [5.74, 6) is 0. The first-order valence-electron chi connectivity index (χ1n) is 5.43. The fourth-order valence-corrected chi connectivity index (χ4v) is 3.62. The zero-order valence-corrected chi connectivity index (χ0v) is 9.86. The SMILES string of the molecule is Cc1ccsc1C(N)C1(C)CCCC1. The average Bonchev–Trinajstić information content (AvgIpc) is 2.74. The maximum Gasteiger partial charge on any atom is 0.0446 e. The van der Waals surface area contributed by atoms with E-state index in [9.17, 15) is 0 Å². The molecule has 0 radical (unpaired) electrons. The summed E-state index contributed by atoms with van der Waals surface area (Å²) in [6.07, 6.45) is 5.31. The molecule has 1 aromatic rings. The van der Waals surface area contributed by atoms with Gasteiger partial charge in [0.2, 0.25) is 0 Å². The van der Waals surface area contributed by atoms with E-state index < -0.39 is 0 Å². The van der Waals surface area contributed by atoms with E-state index in [0.717, 1.165) is 0 Å². The largest absolute Gasteiger partial charge is 0.323 e. The van der Waals surface area contributed by atoms with Crippen LogP contribution in [0.25, 0.3) is 0 Å². The van der Waals surface area contributed by atoms with Gasteiger partial charge in [-0.15, -0.1) is 11.3 Å². The summed E-state index contributed by atoms with van der Waals surface area (Å²) in [6, 6.07) is 2.43. The molecule has 1 aliphatic carbocycles. The van der Waals surface area contributed by atoms with Crippen LogP contribution in [0, 0.1) is 12.3 Å². The van der Waals surface area contributed by atoms with Gasteiger partial charge in [0.15, 0.2) is 0 Å². The summed E-state index contributed by atoms with van der Waals surface area (Å²) in [5, 5.41) is 2.16. The third-order valence-electron chi connectivity index (χ3n) is 3.68. The highest BCUT2D eigenvalue weighted by Crippen LogP contribution is 2.47. The molecule has 0 spiro atoms. The van der Waals surface area contributed by atoms with Gasteiger partial charge in [0.05, 0.1) is 0 Å². The lowest BCUT2D eigenvalue weighted by Crippen LogP contribution is -2.29. The van der Waals surface area contributed by atoms with Crippen molar-refractivity contribution < 1.29 is 0 Å². The van der Waals surface area contributed by atoms with Crippen molar-refractivity contribution in [2.24, 2.45) is 11.1 Å². The van der Waals surface area contributed by atoms with Gasteiger partial charge in [0.25, 0.3) is 0 Å². The lowest BCUT2D eigenvalue weighted by Gasteiger charge is -2.31. The number of hydrogen-bond donors (Lipinski definition) is 1. The minimum atomic E-state index is 0.255. The van der Waals surface area contributed by atoms with Crippen LogP contribution in [0.3, 0.4) is 0 Å². The molecule has 1 aromatic heterocycles. The maximum atomic E-state index is 6.39. The predicted octanol–water partition coefficient (Wildman–Crippen LogP) is 3.64. The van der Waals surface area contributed by atoms with Gasteiger partial charge in [-0.3, -0.25) is 0 Å². The first kappa shape index (κ1) is 10.2. The highest BCUT2D eigenvalue weighted by atomic mass is 32.1. The van der Waals surface area contributed by atoms with Crippen LogP contribution in [-0.4, -0.2) is 0 Å². The normalized spacial score (nSPS) is 22.5. The van der Waals surface area contributed by atoms with Crippen LogP contribution in [0.15, 0.2) is 11.4 Å². The second-order valence-electron chi connectivity index (χ2n) is 4.81. The molecule has 0 aliphatic heterocycles. The molecule has 14 heavy (non-hydrogen) atoms. The molecule has 0 bridgehead atoms. The molecule has 1 atom stereocenters. The van der Waals surface area contributed by atoms with Crippen molar-refractivity contribution in [2.75, 3.05) is 0 Å². The third-order valence-corrected chi connectivity index (χ3v) is 4.78. The minimum absolute atomic E-state index is 0.255. The number of thiophene rings is 1. The summed E-state index contributed by atoms with van der Waals surface area (Å²) in [5.41, 5.74) is 8.12. The summed E-state index contributed by atoms with van der Waals surface area (Å²) in [7, 11) is 0. The number of rotatable bonds is 2. The molecule has 1 fully saturated rings. The molecule has 1 saturated carbocycles. The zero-order chi connectivity index (χ0) is 10.2. The zero-order valence-electron chi connectivity index (χ0n) is 9.05. The monoisotopic (exact) mass is 209 g/mol. The van der Waals surface area contributed by atoms with Gasteiger partial charge in [-0.1, -0.05) is 19.8 Å². The predicted molar refractivity (Wildman–Crippen MR) is 62.6 cm³/mol. The fraction of sp³-hybridized carbons (Fsp3) is 0.667. The Labute approximate surface area is 90.3 Å². The van der Waals surface area contributed by atoms with Gasteiger partial charge in [-0.25, -0.2) is 0 Å². The topological polar surface area (TPSA) is 26.0 Å². The van der Waals surface area contributed by atoms with Crippen LogP contribution in [0.5, 0.6) is 0 Å². The van der Waals surface area contributed by atoms with Crippen LogP contribution < -0.4 is 5.73 Å². The van der Waals surface area contributed by atoms with E-state index in [1.807, 2.05) is 11.3 Å². The second-order valence-corrected chi connectivity index (χ2v) is 5.75. The first-order valence-corrected chi connectivity index (χ1v) is 6.31. The van der Waals surface area contributed by atoms with Gasteiger partial charge >= 0.3 is 0 Å². The molecule has 1 nitrogen and oxygen atoms in total. The Kier molecular flexibility index (Phi) is 2.67. The van der Waals surface area contributed by atoms with Crippen molar-refractivity contribution in [3.05, 3.63) is 21.9 Å². The van der Waals surface area contributed by atoms with E-state index >= 15 is 0 Å². The Balaban J connectivity index is 2.23. The Morgan fingerprint density at radius 2 is 2.07 bits per heavy atom. The molecule has 1 aliphatic rings. The fourth-order valence-electron chi connectivity index (χ4n) is 2.51. The van der Waals surface area contributed by atoms with E-state index in [1.165, 1.54) is 36.1 Å². The Morgan fingerprint density at radius 3 is 2.57 bits per heavy atom. The maximum absolute atomic E-state index is 6.39. The van der Waals surface area contributed by atoms with Crippen molar-refractivity contribution in [1.82, 2.24) is 0 Å². The molecule has 0 aromatic carbocycles. The van der Waals surface area contributed by atoms with Crippen LogP contribution >= 0.6 is 11.3 Å². The highest BCUT2D eigenvalue weighted by molar-refractivity contribution is 7.10. The van der Waals surface area contributed by atoms with Crippen LogP contribution in [-0.2, 0) is 0 Å². The summed E-state index contributed by atoms with van der Waals surface area (Å²) >= 11 is 1.82. The van der Waals surface area contributed by atoms with Crippen molar-refractivity contribution in [1.29, 1.82) is 0 Å². The Hall–Kier alpha value is -0.340. The van der Waals surface area contributed by atoms with Gasteiger partial charge in [0, 0.05) is 10.9 Å². The van der Waals surface area contributed by atoms with Gasteiger partial charge in [-0.2, -0.15) is 0 Å². The van der Waals surface area contributed by atoms with Crippen molar-refractivity contribution >= 4 is 11.3 Å². The molecule has 0 saturated heterocycles. The van der Waals surface area contributed by atoms with E-state index in [0.29, 0.717) is 5.41 Å². The van der Waals surface area contributed by atoms with Crippen molar-refractivity contribution in [2.45, 2.75) is 45.6 Å². The van der Waals surface area contributed by atoms with E-state index in [1.54, 1.807) is 0 Å². The van der Waals surface area contributed by atoms with Crippen LogP contribution in [0.2, 0.25) is 0 Å². The lowest BCUT2D eigenvalue weighted by molar-refractivity contribution is 0.268. The summed E-state index contributed by atoms with van der Waals surface area (Å²) in [4.78, 5) is 1.40. The smallest absolute Gasteiger partial charge is 0.0446 e. The third kappa shape index (κ3) is 1.61. The molecule has 1 unspecified atom stereocenters. The van der Waals surface area contributed by atoms with Gasteiger partial charge in [-0.05, 0) is 42.2 Å². The molecular formula is C12H19NS. The number of nitrogens with two attached hydrogens (primary N) is 1. The summed E-state index contributed by atoms with van der Waals surface area (Å²) < 4.78 is 0. The lowest BCUT2D eigenvalue weighted by atomic mass is 9.80. The Bertz CT molecular complexity index is 310. The molecule has 2 N–H and O–H groups in total. The summed E-state index contributed by atoms with van der Waals surface area (Å²) in [6.45, 7) is 4.52. The van der Waals surface area contributed by atoms with Gasteiger partial charge in [0.1, 0.15) is 0 Å². The number of hydrogen-bond acceptors (Lipinski definition) is 2. The van der Waals surface area contributed by atoms with Gasteiger partial charge < -0.3 is 5.73 Å². The molecular weight excluding hydrogens is 190 g/mol. The van der Waals surface area contributed by atoms with Crippen molar-refractivity contribution in [3.8, 4) is 0 Å². The quantitative estimate of drug-likeness (QED) is 0.790. The van der Waals surface area contributed by atoms with E-state index in [2.05, 4.69) is 25.3 Å². The van der Waals surface area contributed by atoms with E-state index in [4.69, 9.17) is 5.73 Å². The first-order chi connectivity index (χ1) is 6.63. The highest BCUT2D eigenvalue weighted by Gasteiger charge is 2.36. The molecule has 1 heterocycles. The Morgan fingerprint density at radius 1 is 1.43 bits per heavy atom. The van der Waals surface area contributed by atoms with Crippen LogP contribution in [0.1, 0.15) is 49.1 Å². The molecule has 2 heteroatoms. The van der Waals surface area contributed by atoms with Crippen molar-refractivity contribution in [3.63, 3.8) is 0 Å². The second kappa shape index (κ2) is 3.67. The standard InChI is InChI=1S/C12H19NS/c1-9-5-8-14-10(9)11(13)12(2)6-3-4-7-12/h5,8,11H,3-4,6-7,13H2,1-2H3. The molecule has 2 rings (SSSR count). The van der Waals surface area contributed by atoms with Crippen LogP contribution in [0.4, 0.5) is 0 Å². The number of aryl methyl sites for hydroxylation is 1. The minimum Gasteiger partial charge on any atom is -0.323 e. The van der Waals surface area contributed by atoms with E-state index in [-0.39, 0.29) is 6.04 Å². The molecule has 0 amide bonds.